The standard InChI is InChI=1S/C26H31NO4.C2H6O2/c1-17-15-26(30-4)22-14-18-10-11-21(29-3)24(31-19-8-6-5-7-9-19)23(18)25(26,16-20(17)28)12-13-27(22)2;3-1-2-4/h5-11,17,22H,12-16H2,1-4H3;3-4H,1-2H2/t17-,22+,25+,26?;/m0./s1. The molecule has 1 aliphatic heterocycles. The normalized spacial score (nSPS) is 29.4. The molecule has 0 amide bonds. The van der Waals surface area contributed by atoms with E-state index in [1.807, 2.05) is 50.4 Å². The van der Waals surface area contributed by atoms with Gasteiger partial charge >= 0.3 is 0 Å². The molecule has 0 radical (unpaired) electrons. The molecule has 7 nitrogen and oxygen atoms in total. The van der Waals surface area contributed by atoms with E-state index in [1.54, 1.807) is 7.11 Å². The van der Waals surface area contributed by atoms with Crippen LogP contribution in [0.5, 0.6) is 17.2 Å². The Labute approximate surface area is 207 Å². The fraction of sp³-hybridized carbons (Fsp3) is 0.536. The molecule has 1 saturated heterocycles. The monoisotopic (exact) mass is 483 g/mol. The second kappa shape index (κ2) is 10.3. The number of rotatable bonds is 5. The van der Waals surface area contributed by atoms with Gasteiger partial charge in [0.25, 0.3) is 0 Å². The van der Waals surface area contributed by atoms with Gasteiger partial charge in [0.05, 0.1) is 25.9 Å². The van der Waals surface area contributed by atoms with Gasteiger partial charge in [-0.1, -0.05) is 31.2 Å². The van der Waals surface area contributed by atoms with Gasteiger partial charge in [0.1, 0.15) is 11.5 Å². The summed E-state index contributed by atoms with van der Waals surface area (Å²) in [5, 5.41) is 15.2. The maximum Gasteiger partial charge on any atom is 0.173 e. The van der Waals surface area contributed by atoms with Crippen LogP contribution in [0.1, 0.15) is 37.3 Å². The van der Waals surface area contributed by atoms with Gasteiger partial charge in [-0.2, -0.15) is 0 Å². The molecule has 1 saturated carbocycles. The van der Waals surface area contributed by atoms with Crippen molar-refractivity contribution < 1.29 is 29.2 Å². The lowest BCUT2D eigenvalue weighted by Crippen LogP contribution is -2.74. The van der Waals surface area contributed by atoms with Crippen LogP contribution in [0.4, 0.5) is 0 Å². The Morgan fingerprint density at radius 3 is 2.43 bits per heavy atom. The number of para-hydroxylation sites is 1. The largest absolute Gasteiger partial charge is 0.493 e. The summed E-state index contributed by atoms with van der Waals surface area (Å²) in [6.07, 6.45) is 2.95. The quantitative estimate of drug-likeness (QED) is 0.674. The number of ether oxygens (including phenoxy) is 3. The topological polar surface area (TPSA) is 88.5 Å². The molecule has 3 aliphatic rings. The molecule has 5 rings (SSSR count). The average Bonchev–Trinajstić information content (AvgIpc) is 2.87. The first-order chi connectivity index (χ1) is 16.9. The van der Waals surface area contributed by atoms with Crippen molar-refractivity contribution in [3.8, 4) is 17.2 Å². The maximum atomic E-state index is 13.2. The number of carbonyl (C=O) groups is 1. The third-order valence-corrected chi connectivity index (χ3v) is 8.15. The van der Waals surface area contributed by atoms with E-state index >= 15 is 0 Å². The van der Waals surface area contributed by atoms with E-state index in [1.165, 1.54) is 5.56 Å². The summed E-state index contributed by atoms with van der Waals surface area (Å²) >= 11 is 0. The number of fused-ring (bicyclic) bond motifs is 1. The first-order valence-electron chi connectivity index (χ1n) is 12.3. The Balaban J connectivity index is 0.000000672. The molecule has 2 aliphatic carbocycles. The van der Waals surface area contributed by atoms with Crippen molar-refractivity contribution in [2.75, 3.05) is 41.0 Å². The van der Waals surface area contributed by atoms with E-state index in [0.29, 0.717) is 18.0 Å². The van der Waals surface area contributed by atoms with E-state index in [-0.39, 0.29) is 25.2 Å². The van der Waals surface area contributed by atoms with Crippen LogP contribution < -0.4 is 9.47 Å². The first-order valence-corrected chi connectivity index (χ1v) is 12.3. The van der Waals surface area contributed by atoms with Crippen molar-refractivity contribution >= 4 is 5.78 Å². The Morgan fingerprint density at radius 2 is 1.80 bits per heavy atom. The SMILES string of the molecule is COc1ccc2c(c1Oc1ccccc1)[C@]13CCN(C)[C@H](C2)C1(OC)C[C@H](C)C(=O)C3.OCCO. The number of carbonyl (C=O) groups excluding carboxylic acids is 1. The smallest absolute Gasteiger partial charge is 0.173 e. The minimum Gasteiger partial charge on any atom is -0.493 e. The van der Waals surface area contributed by atoms with Gasteiger partial charge in [-0.25, -0.2) is 0 Å². The summed E-state index contributed by atoms with van der Waals surface area (Å²) in [5.74, 6) is 2.51. The number of aliphatic hydroxyl groups excluding tert-OH is 2. The molecule has 2 aromatic carbocycles. The highest BCUT2D eigenvalue weighted by Crippen LogP contribution is 2.62. The van der Waals surface area contributed by atoms with Crippen LogP contribution in [0.25, 0.3) is 0 Å². The summed E-state index contributed by atoms with van der Waals surface area (Å²) in [7, 11) is 5.69. The number of hydrogen-bond donors (Lipinski definition) is 2. The number of piperidine rings is 1. The number of aliphatic hydroxyl groups is 2. The molecule has 35 heavy (non-hydrogen) atoms. The molecule has 2 N–H and O–H groups in total. The van der Waals surface area contributed by atoms with Gasteiger partial charge in [-0.05, 0) is 56.6 Å². The lowest BCUT2D eigenvalue weighted by molar-refractivity contribution is -0.191. The number of Topliss-reactive ketones (excluding diaryl/α,β-unsaturated/α-hetero) is 1. The van der Waals surface area contributed by atoms with Crippen LogP contribution in [0.2, 0.25) is 0 Å². The van der Waals surface area contributed by atoms with E-state index in [4.69, 9.17) is 24.4 Å². The minimum atomic E-state index is -0.429. The Kier molecular flexibility index (Phi) is 7.52. The molecule has 1 heterocycles. The highest BCUT2D eigenvalue weighted by atomic mass is 16.5. The third-order valence-electron chi connectivity index (χ3n) is 8.15. The molecule has 190 valence electrons. The average molecular weight is 484 g/mol. The number of ketones is 1. The van der Waals surface area contributed by atoms with Gasteiger partial charge in [0.15, 0.2) is 11.5 Å². The van der Waals surface area contributed by atoms with Crippen molar-refractivity contribution in [2.45, 2.75) is 49.7 Å². The molecule has 2 fully saturated rings. The Bertz CT molecular complexity index is 1040. The van der Waals surface area contributed by atoms with Crippen LogP contribution in [0.15, 0.2) is 42.5 Å². The van der Waals surface area contributed by atoms with Crippen LogP contribution in [-0.2, 0) is 21.4 Å². The molecule has 2 aromatic rings. The Morgan fingerprint density at radius 1 is 1.09 bits per heavy atom. The van der Waals surface area contributed by atoms with Gasteiger partial charge in [-0.3, -0.25) is 4.79 Å². The third kappa shape index (κ3) is 4.14. The van der Waals surface area contributed by atoms with Crippen LogP contribution >= 0.6 is 0 Å². The maximum absolute atomic E-state index is 13.2. The van der Waals surface area contributed by atoms with Crippen molar-refractivity contribution in [1.82, 2.24) is 4.90 Å². The predicted molar refractivity (Wildman–Crippen MR) is 133 cm³/mol. The van der Waals surface area contributed by atoms with E-state index in [0.717, 1.165) is 42.9 Å². The van der Waals surface area contributed by atoms with Crippen LogP contribution in [-0.4, -0.2) is 73.6 Å². The number of likely N-dealkylation sites (tertiary alicyclic amines) is 1. The van der Waals surface area contributed by atoms with Crippen molar-refractivity contribution in [2.24, 2.45) is 5.92 Å². The first kappa shape index (κ1) is 25.6. The number of nitrogens with zero attached hydrogens (tertiary/aromatic N) is 1. The van der Waals surface area contributed by atoms with Crippen LogP contribution in [0, 0.1) is 5.92 Å². The number of hydrogen-bond acceptors (Lipinski definition) is 7. The summed E-state index contributed by atoms with van der Waals surface area (Å²) in [5.41, 5.74) is 1.50. The van der Waals surface area contributed by atoms with Gasteiger partial charge < -0.3 is 29.3 Å². The minimum absolute atomic E-state index is 0.00674. The summed E-state index contributed by atoms with van der Waals surface area (Å²) in [6.45, 7) is 2.73. The lowest BCUT2D eigenvalue weighted by Gasteiger charge is -2.65. The highest BCUT2D eigenvalue weighted by Gasteiger charge is 2.67. The van der Waals surface area contributed by atoms with E-state index in [2.05, 4.69) is 18.0 Å². The van der Waals surface area contributed by atoms with Gasteiger partial charge in [-0.15, -0.1) is 0 Å². The number of methoxy groups -OCH3 is 2. The van der Waals surface area contributed by atoms with Gasteiger partial charge in [0, 0.05) is 36.5 Å². The van der Waals surface area contributed by atoms with Crippen molar-refractivity contribution in [3.05, 3.63) is 53.6 Å². The zero-order valence-corrected chi connectivity index (χ0v) is 21.1. The summed E-state index contributed by atoms with van der Waals surface area (Å²) in [6, 6.07) is 14.2. The molecular weight excluding hydrogens is 446 g/mol. The fourth-order valence-corrected chi connectivity index (χ4v) is 6.56. The zero-order chi connectivity index (χ0) is 25.2. The Hall–Kier alpha value is -2.45. The van der Waals surface area contributed by atoms with Crippen molar-refractivity contribution in [1.29, 1.82) is 0 Å². The molecule has 7 heteroatoms. The molecule has 0 spiro atoms. The fourth-order valence-electron chi connectivity index (χ4n) is 6.56. The van der Waals surface area contributed by atoms with E-state index < -0.39 is 11.0 Å². The van der Waals surface area contributed by atoms with Crippen LogP contribution in [0.3, 0.4) is 0 Å². The lowest BCUT2D eigenvalue weighted by atomic mass is 9.47. The second-order valence-electron chi connectivity index (χ2n) is 9.87. The van der Waals surface area contributed by atoms with Crippen molar-refractivity contribution in [3.63, 3.8) is 0 Å². The molecule has 1 unspecified atom stereocenters. The number of likely N-dealkylation sites (N-methyl/N-ethyl adjacent to an activating group) is 1. The molecular formula is C28H37NO6. The van der Waals surface area contributed by atoms with E-state index in [9.17, 15) is 4.79 Å². The second-order valence-corrected chi connectivity index (χ2v) is 9.87. The highest BCUT2D eigenvalue weighted by molar-refractivity contribution is 5.85. The molecule has 2 bridgehead atoms. The van der Waals surface area contributed by atoms with Gasteiger partial charge in [0.2, 0.25) is 0 Å². The zero-order valence-electron chi connectivity index (χ0n) is 21.1. The molecule has 0 aromatic heterocycles. The summed E-state index contributed by atoms with van der Waals surface area (Å²) < 4.78 is 18.8. The predicted octanol–water partition coefficient (Wildman–Crippen LogP) is 3.34. The number of benzene rings is 2. The molecule has 4 atom stereocenters. The summed E-state index contributed by atoms with van der Waals surface area (Å²) in [4.78, 5) is 15.6.